The van der Waals surface area contributed by atoms with Gasteiger partial charge in [-0.15, -0.1) is 0 Å². The summed E-state index contributed by atoms with van der Waals surface area (Å²) in [6.07, 6.45) is 0.143. The molecule has 2 radical (unpaired) electrons. The Hall–Kier alpha value is -0.0503. The van der Waals surface area contributed by atoms with Crippen LogP contribution >= 0.6 is 0 Å². The van der Waals surface area contributed by atoms with Gasteiger partial charge >= 0.3 is 79.0 Å². The zero-order valence-electron chi connectivity index (χ0n) is 6.74. The summed E-state index contributed by atoms with van der Waals surface area (Å²) in [6.45, 7) is 0. The predicted octanol–water partition coefficient (Wildman–Crippen LogP) is 1.37. The van der Waals surface area contributed by atoms with Crippen molar-refractivity contribution in [3.8, 4) is 0 Å². The first-order valence-corrected chi connectivity index (χ1v) is 4.61. The van der Waals surface area contributed by atoms with Crippen LogP contribution in [-0.2, 0) is 27.2 Å². The Morgan fingerprint density at radius 3 is 2.38 bits per heavy atom. The quantitative estimate of drug-likeness (QED) is 0.744. The third-order valence-corrected chi connectivity index (χ3v) is 2.45. The van der Waals surface area contributed by atoms with Crippen molar-refractivity contribution < 1.29 is 32.3 Å². The number of aliphatic carboxylic acids is 1. The molecule has 4 heteroatoms. The van der Waals surface area contributed by atoms with E-state index in [4.69, 9.17) is 5.11 Å². The molecule has 13 heavy (non-hydrogen) atoms. The predicted molar refractivity (Wildman–Crippen MR) is 47.2 cm³/mol. The first kappa shape index (κ1) is 12.9. The van der Waals surface area contributed by atoms with Crippen LogP contribution in [0.2, 0.25) is 0 Å². The molecular formula is C9H9AuO2Se. The maximum absolute atomic E-state index is 10.4. The molecule has 1 aromatic rings. The van der Waals surface area contributed by atoms with Crippen molar-refractivity contribution in [1.29, 1.82) is 0 Å². The molecule has 1 atom stereocenters. The van der Waals surface area contributed by atoms with Crippen molar-refractivity contribution in [2.45, 2.75) is 11.2 Å². The fraction of sp³-hybridized carbons (Fsp3) is 0.222. The van der Waals surface area contributed by atoms with Crippen molar-refractivity contribution in [1.82, 2.24) is 0 Å². The van der Waals surface area contributed by atoms with Gasteiger partial charge in [0.25, 0.3) is 0 Å². The molecule has 74 valence electrons. The summed E-state index contributed by atoms with van der Waals surface area (Å²) in [4.78, 5) is 10.3. The summed E-state index contributed by atoms with van der Waals surface area (Å²) in [5.74, 6) is -0.775. The van der Waals surface area contributed by atoms with E-state index in [-0.39, 0.29) is 33.6 Å². The molecule has 0 heterocycles. The van der Waals surface area contributed by atoms with E-state index >= 15 is 0 Å². The third kappa shape index (κ3) is 4.65. The normalized spacial score (nSPS) is 11.5. The van der Waals surface area contributed by atoms with E-state index in [9.17, 15) is 4.79 Å². The van der Waals surface area contributed by atoms with Gasteiger partial charge in [0.2, 0.25) is 0 Å². The van der Waals surface area contributed by atoms with Crippen molar-refractivity contribution >= 4 is 22.0 Å². The maximum atomic E-state index is 10.4. The molecule has 0 bridgehead atoms. The summed E-state index contributed by atoms with van der Waals surface area (Å²) in [5.41, 5.74) is 1.03. The molecule has 0 saturated heterocycles. The Morgan fingerprint density at radius 2 is 1.92 bits per heavy atom. The molecule has 1 N–H and O–H groups in total. The number of hydrogen-bond donors (Lipinski definition) is 1. The van der Waals surface area contributed by atoms with Crippen molar-refractivity contribution in [3.63, 3.8) is 0 Å². The van der Waals surface area contributed by atoms with Gasteiger partial charge in [0.05, 0.1) is 0 Å². The fourth-order valence-corrected chi connectivity index (χ4v) is 1.57. The molecule has 0 saturated carbocycles. The summed E-state index contributed by atoms with van der Waals surface area (Å²) in [7, 11) is 0. The second kappa shape index (κ2) is 6.41. The molecule has 0 amide bonds. The smallest absolute Gasteiger partial charge is 0 e. The zero-order valence-corrected chi connectivity index (χ0v) is 10.6. The minimum Gasteiger partial charge on any atom is 0 e. The first-order valence-electron chi connectivity index (χ1n) is 3.62. The largest absolute Gasteiger partial charge is 0 e. The summed E-state index contributed by atoms with van der Waals surface area (Å²) in [6, 6.07) is 9.56. The van der Waals surface area contributed by atoms with E-state index in [1.165, 1.54) is 0 Å². The average Bonchev–Trinajstić information content (AvgIpc) is 2.05. The van der Waals surface area contributed by atoms with Crippen LogP contribution in [0.1, 0.15) is 16.8 Å². The number of benzene rings is 1. The second-order valence-electron chi connectivity index (χ2n) is 2.50. The van der Waals surface area contributed by atoms with E-state index < -0.39 is 5.97 Å². The third-order valence-electron chi connectivity index (χ3n) is 1.53. The van der Waals surface area contributed by atoms with E-state index in [1.54, 1.807) is 0 Å². The van der Waals surface area contributed by atoms with Gasteiger partial charge < -0.3 is 0 Å². The minimum atomic E-state index is -0.775. The van der Waals surface area contributed by atoms with E-state index in [0.29, 0.717) is 0 Å². The standard InChI is InChI=1S/C9H9O2Se.Au/c10-9(11)6-8(12)7-4-2-1-3-5-7;/h1-5,8H,6H2,(H,10,11);. The van der Waals surface area contributed by atoms with Gasteiger partial charge in [-0.25, -0.2) is 0 Å². The molecule has 0 fully saturated rings. The van der Waals surface area contributed by atoms with Crippen LogP contribution < -0.4 is 0 Å². The molecule has 0 aliphatic rings. The SMILES string of the molecule is O=C(O)CC([Se])c1ccccc1.[Au]. The van der Waals surface area contributed by atoms with Crippen LogP contribution in [0.4, 0.5) is 0 Å². The Morgan fingerprint density at radius 1 is 1.38 bits per heavy atom. The van der Waals surface area contributed by atoms with E-state index in [1.807, 2.05) is 30.3 Å². The van der Waals surface area contributed by atoms with Gasteiger partial charge in [0.1, 0.15) is 0 Å². The Balaban J connectivity index is 0.00000144. The Bertz CT molecular complexity index is 264. The molecule has 1 rings (SSSR count). The molecule has 0 aliphatic heterocycles. The van der Waals surface area contributed by atoms with Gasteiger partial charge in [-0.3, -0.25) is 0 Å². The Labute approximate surface area is 101 Å². The number of rotatable bonds is 3. The van der Waals surface area contributed by atoms with Gasteiger partial charge in [0.15, 0.2) is 0 Å². The average molecular weight is 425 g/mol. The van der Waals surface area contributed by atoms with Crippen molar-refractivity contribution in [2.75, 3.05) is 0 Å². The number of hydrogen-bond acceptors (Lipinski definition) is 1. The number of carboxylic acids is 1. The van der Waals surface area contributed by atoms with Gasteiger partial charge in [-0.05, 0) is 0 Å². The first-order chi connectivity index (χ1) is 5.70. The monoisotopic (exact) mass is 426 g/mol. The molecule has 2 nitrogen and oxygen atoms in total. The van der Waals surface area contributed by atoms with Crippen LogP contribution in [0.15, 0.2) is 30.3 Å². The Kier molecular flexibility index (Phi) is 6.39. The summed E-state index contributed by atoms with van der Waals surface area (Å²) < 4.78 is 0. The van der Waals surface area contributed by atoms with Gasteiger partial charge in [-0.2, -0.15) is 0 Å². The van der Waals surface area contributed by atoms with E-state index in [2.05, 4.69) is 16.0 Å². The number of carbonyl (C=O) groups is 1. The topological polar surface area (TPSA) is 37.3 Å². The summed E-state index contributed by atoms with van der Waals surface area (Å²) >= 11 is 2.84. The minimum absolute atomic E-state index is 0. The van der Waals surface area contributed by atoms with E-state index in [0.717, 1.165) is 5.56 Å². The van der Waals surface area contributed by atoms with Crippen LogP contribution in [0, 0.1) is 0 Å². The van der Waals surface area contributed by atoms with Crippen LogP contribution in [0.5, 0.6) is 0 Å². The summed E-state index contributed by atoms with van der Waals surface area (Å²) in [5, 5.41) is 8.53. The van der Waals surface area contributed by atoms with Crippen molar-refractivity contribution in [2.24, 2.45) is 0 Å². The van der Waals surface area contributed by atoms with Crippen LogP contribution in [0.25, 0.3) is 0 Å². The maximum Gasteiger partial charge on any atom is 0 e. The molecule has 1 unspecified atom stereocenters. The molecule has 0 aromatic heterocycles. The molecular weight excluding hydrogens is 416 g/mol. The zero-order chi connectivity index (χ0) is 8.97. The fourth-order valence-electron chi connectivity index (χ4n) is 0.944. The van der Waals surface area contributed by atoms with Crippen molar-refractivity contribution in [3.05, 3.63) is 35.9 Å². The molecule has 0 spiro atoms. The van der Waals surface area contributed by atoms with Gasteiger partial charge in [0, 0.05) is 22.4 Å². The van der Waals surface area contributed by atoms with Crippen LogP contribution in [-0.4, -0.2) is 27.1 Å². The van der Waals surface area contributed by atoms with Gasteiger partial charge in [-0.1, -0.05) is 0 Å². The number of carboxylic acid groups (broad SMARTS) is 1. The molecule has 0 aliphatic carbocycles. The van der Waals surface area contributed by atoms with Crippen LogP contribution in [0.3, 0.4) is 0 Å². The second-order valence-corrected chi connectivity index (χ2v) is 3.69. The molecule has 1 aromatic carbocycles.